The fraction of sp³-hybridized carbons (Fsp3) is 0.400. The van der Waals surface area contributed by atoms with Crippen molar-refractivity contribution in [2.75, 3.05) is 0 Å². The van der Waals surface area contributed by atoms with Gasteiger partial charge in [0.05, 0.1) is 17.8 Å². The van der Waals surface area contributed by atoms with Crippen LogP contribution in [0.1, 0.15) is 37.4 Å². The van der Waals surface area contributed by atoms with E-state index in [4.69, 9.17) is 10.2 Å². The maximum absolute atomic E-state index is 9.11. The van der Waals surface area contributed by atoms with Gasteiger partial charge in [0.15, 0.2) is 0 Å². The number of hydrogen-bond donors (Lipinski definition) is 2. The number of pyridine rings is 1. The van der Waals surface area contributed by atoms with E-state index in [-0.39, 0.29) is 5.92 Å². The van der Waals surface area contributed by atoms with Crippen molar-refractivity contribution < 1.29 is 0 Å². The fourth-order valence-electron chi connectivity index (χ4n) is 3.24. The Morgan fingerprint density at radius 2 is 2.30 bits per heavy atom. The zero-order valence-electron chi connectivity index (χ0n) is 11.1. The maximum Gasteiger partial charge on any atom is 0.139 e. The number of nitrogens with zero attached hydrogens (tertiary/aromatic N) is 3. The van der Waals surface area contributed by atoms with E-state index in [9.17, 15) is 0 Å². The van der Waals surface area contributed by atoms with Crippen LogP contribution in [-0.2, 0) is 0 Å². The molecule has 2 atom stereocenters. The highest BCUT2D eigenvalue weighted by Crippen LogP contribution is 2.35. The number of hydrogen-bond acceptors (Lipinski definition) is 3. The molecule has 2 N–H and O–H groups in total. The Bertz CT molecular complexity index is 806. The first-order valence-electron chi connectivity index (χ1n) is 7.06. The van der Waals surface area contributed by atoms with E-state index in [2.05, 4.69) is 21.0 Å². The minimum atomic E-state index is 0.173. The average molecular weight is 265 g/mol. The van der Waals surface area contributed by atoms with Gasteiger partial charge >= 0.3 is 0 Å². The highest BCUT2D eigenvalue weighted by molar-refractivity contribution is 6.00. The Morgan fingerprint density at radius 3 is 3.20 bits per heavy atom. The summed E-state index contributed by atoms with van der Waals surface area (Å²) in [4.78, 5) is 15.7. The van der Waals surface area contributed by atoms with Crippen LogP contribution in [0.4, 0.5) is 0 Å². The lowest BCUT2D eigenvalue weighted by atomic mass is 9.82. The van der Waals surface area contributed by atoms with Gasteiger partial charge in [-0.3, -0.25) is 0 Å². The molecule has 0 bridgehead atoms. The van der Waals surface area contributed by atoms with Crippen molar-refractivity contribution in [3.05, 3.63) is 24.3 Å². The lowest BCUT2D eigenvalue weighted by molar-refractivity contribution is 0.370. The minimum Gasteiger partial charge on any atom is -0.346 e. The summed E-state index contributed by atoms with van der Waals surface area (Å²) in [6.07, 6.45) is 7.88. The molecule has 0 aromatic carbocycles. The first-order chi connectivity index (χ1) is 9.85. The maximum atomic E-state index is 9.11. The molecule has 3 heterocycles. The molecule has 20 heavy (non-hydrogen) atoms. The van der Waals surface area contributed by atoms with E-state index >= 15 is 0 Å². The predicted molar refractivity (Wildman–Crippen MR) is 76.1 cm³/mol. The van der Waals surface area contributed by atoms with E-state index in [1.165, 1.54) is 0 Å². The smallest absolute Gasteiger partial charge is 0.139 e. The molecule has 4 rings (SSSR count). The highest BCUT2D eigenvalue weighted by atomic mass is 15.0. The Morgan fingerprint density at radius 1 is 1.35 bits per heavy atom. The summed E-state index contributed by atoms with van der Waals surface area (Å²) in [5.74, 6) is 1.55. The number of nitrogens with one attached hydrogen (secondary N) is 2. The van der Waals surface area contributed by atoms with E-state index in [0.717, 1.165) is 53.6 Å². The van der Waals surface area contributed by atoms with Crippen LogP contribution in [0.25, 0.3) is 22.1 Å². The van der Waals surface area contributed by atoms with E-state index < -0.39 is 0 Å². The molecule has 3 aromatic rings. The zero-order valence-corrected chi connectivity index (χ0v) is 11.1. The third kappa shape index (κ3) is 1.68. The predicted octanol–water partition coefficient (Wildman–Crippen LogP) is 3.24. The van der Waals surface area contributed by atoms with Gasteiger partial charge < -0.3 is 9.97 Å². The van der Waals surface area contributed by atoms with E-state index in [1.54, 1.807) is 0 Å². The van der Waals surface area contributed by atoms with Crippen LogP contribution in [0.15, 0.2) is 18.5 Å². The standard InChI is InChI=1S/C15H15N5/c16-7-9-2-1-3-10(6-9)14-19-12-8-18-15-11(4-5-17-15)13(12)20-14/h4-5,8-10H,1-3,6H2,(H,17,18)(H,19,20). The van der Waals surface area contributed by atoms with Gasteiger partial charge in [-0.25, -0.2) is 9.97 Å². The summed E-state index contributed by atoms with van der Waals surface area (Å²) < 4.78 is 0. The number of aromatic nitrogens is 4. The Labute approximate surface area is 116 Å². The Kier molecular flexibility index (Phi) is 2.49. The van der Waals surface area contributed by atoms with Gasteiger partial charge in [-0.15, -0.1) is 0 Å². The SMILES string of the molecule is N#CC1CCCC(c2nc3c(cnc4[nH]ccc43)[nH]2)C1. The number of rotatable bonds is 1. The summed E-state index contributed by atoms with van der Waals surface area (Å²) >= 11 is 0. The molecule has 3 aromatic heterocycles. The normalized spacial score (nSPS) is 23.1. The number of aromatic amines is 2. The molecule has 0 aliphatic heterocycles. The summed E-state index contributed by atoms with van der Waals surface area (Å²) in [6.45, 7) is 0. The van der Waals surface area contributed by atoms with Gasteiger partial charge in [0.1, 0.15) is 17.0 Å². The number of nitriles is 1. The number of fused-ring (bicyclic) bond motifs is 3. The van der Waals surface area contributed by atoms with Gasteiger partial charge in [0.2, 0.25) is 0 Å². The van der Waals surface area contributed by atoms with Gasteiger partial charge in [-0.1, -0.05) is 6.42 Å². The fourth-order valence-corrected chi connectivity index (χ4v) is 3.24. The van der Waals surface area contributed by atoms with Crippen LogP contribution in [0.2, 0.25) is 0 Å². The molecule has 2 unspecified atom stereocenters. The van der Waals surface area contributed by atoms with Gasteiger partial charge in [-0.2, -0.15) is 5.26 Å². The van der Waals surface area contributed by atoms with E-state index in [0.29, 0.717) is 5.92 Å². The van der Waals surface area contributed by atoms with Crippen molar-refractivity contribution in [3.63, 3.8) is 0 Å². The molecule has 0 amide bonds. The van der Waals surface area contributed by atoms with Crippen molar-refractivity contribution in [2.45, 2.75) is 31.6 Å². The summed E-state index contributed by atoms with van der Waals surface area (Å²) in [6, 6.07) is 4.41. The molecule has 1 aliphatic carbocycles. The van der Waals surface area contributed by atoms with Crippen molar-refractivity contribution >= 4 is 22.1 Å². The minimum absolute atomic E-state index is 0.173. The van der Waals surface area contributed by atoms with Crippen LogP contribution in [0.5, 0.6) is 0 Å². The second-order valence-electron chi connectivity index (χ2n) is 5.57. The molecular weight excluding hydrogens is 250 g/mol. The van der Waals surface area contributed by atoms with Crippen LogP contribution < -0.4 is 0 Å². The van der Waals surface area contributed by atoms with Crippen molar-refractivity contribution in [1.29, 1.82) is 5.26 Å². The molecule has 1 saturated carbocycles. The largest absolute Gasteiger partial charge is 0.346 e. The van der Waals surface area contributed by atoms with E-state index in [1.807, 2.05) is 18.5 Å². The Balaban J connectivity index is 1.78. The lowest BCUT2D eigenvalue weighted by Gasteiger charge is -2.23. The first kappa shape index (κ1) is 11.5. The molecule has 5 nitrogen and oxygen atoms in total. The molecule has 0 spiro atoms. The van der Waals surface area contributed by atoms with Crippen molar-refractivity contribution in [3.8, 4) is 6.07 Å². The molecule has 5 heteroatoms. The van der Waals surface area contributed by atoms with Crippen LogP contribution in [0.3, 0.4) is 0 Å². The van der Waals surface area contributed by atoms with Gasteiger partial charge in [-0.05, 0) is 25.3 Å². The zero-order chi connectivity index (χ0) is 13.5. The quantitative estimate of drug-likeness (QED) is 0.708. The second-order valence-corrected chi connectivity index (χ2v) is 5.57. The van der Waals surface area contributed by atoms with Crippen LogP contribution in [0, 0.1) is 17.2 Å². The molecule has 1 aliphatic rings. The summed E-state index contributed by atoms with van der Waals surface area (Å²) in [7, 11) is 0. The molecule has 1 fully saturated rings. The highest BCUT2D eigenvalue weighted by Gasteiger charge is 2.25. The lowest BCUT2D eigenvalue weighted by Crippen LogP contribution is -2.13. The number of H-pyrrole nitrogens is 2. The second kappa shape index (κ2) is 4.34. The molecule has 100 valence electrons. The van der Waals surface area contributed by atoms with Gasteiger partial charge in [0, 0.05) is 23.4 Å². The van der Waals surface area contributed by atoms with Gasteiger partial charge in [0.25, 0.3) is 0 Å². The topological polar surface area (TPSA) is 81.2 Å². The summed E-state index contributed by atoms with van der Waals surface area (Å²) in [5, 5.41) is 10.2. The third-order valence-corrected chi connectivity index (χ3v) is 4.30. The average Bonchev–Trinajstić information content (AvgIpc) is 3.12. The molecular formula is C15H15N5. The van der Waals surface area contributed by atoms with Crippen molar-refractivity contribution in [1.82, 2.24) is 19.9 Å². The molecule has 0 radical (unpaired) electrons. The third-order valence-electron chi connectivity index (χ3n) is 4.30. The van der Waals surface area contributed by atoms with Crippen LogP contribution >= 0.6 is 0 Å². The Hall–Kier alpha value is -2.35. The first-order valence-corrected chi connectivity index (χ1v) is 7.06. The van der Waals surface area contributed by atoms with Crippen molar-refractivity contribution in [2.24, 2.45) is 5.92 Å². The summed E-state index contributed by atoms with van der Waals surface area (Å²) in [5.41, 5.74) is 2.82. The van der Waals surface area contributed by atoms with Crippen LogP contribution in [-0.4, -0.2) is 19.9 Å². The number of imidazole rings is 1. The monoisotopic (exact) mass is 265 g/mol. The molecule has 0 saturated heterocycles.